The van der Waals surface area contributed by atoms with E-state index in [0.29, 0.717) is 6.61 Å². The number of hydrogen-bond acceptors (Lipinski definition) is 5. The fourth-order valence-corrected chi connectivity index (χ4v) is 2.08. The van der Waals surface area contributed by atoms with Crippen molar-refractivity contribution < 1.29 is 27.4 Å². The molecular formula is C14H14ClF3N4O3. The van der Waals surface area contributed by atoms with E-state index in [0.717, 1.165) is 6.42 Å². The normalized spacial score (nSPS) is 11.3. The molecule has 136 valence electrons. The molecular weight excluding hydrogens is 365 g/mol. The molecule has 1 heterocycles. The minimum atomic E-state index is -4.69. The molecule has 1 aromatic carbocycles. The lowest BCUT2D eigenvalue weighted by Crippen LogP contribution is -2.14. The average Bonchev–Trinajstić information content (AvgIpc) is 3.01. The summed E-state index contributed by atoms with van der Waals surface area (Å²) in [6, 6.07) is 2.66. The smallest absolute Gasteiger partial charge is 0.451 e. The number of aromatic amines is 1. The Bertz CT molecular complexity index is 764. The van der Waals surface area contributed by atoms with Crippen molar-refractivity contribution in [2.45, 2.75) is 19.5 Å². The number of aromatic nitrogens is 3. The number of rotatable bonds is 6. The zero-order valence-corrected chi connectivity index (χ0v) is 14.0. The SMILES string of the molecule is CCCOc1c(Cl)cc(C(=O)Nc2n[nH]c(C(F)(F)F)n2)cc1OC. The molecule has 1 aromatic heterocycles. The van der Waals surface area contributed by atoms with Crippen LogP contribution in [0.25, 0.3) is 0 Å². The van der Waals surface area contributed by atoms with Crippen molar-refractivity contribution in [3.05, 3.63) is 28.5 Å². The predicted octanol–water partition coefficient (Wildman–Crippen LogP) is 3.53. The van der Waals surface area contributed by atoms with Crippen molar-refractivity contribution in [1.82, 2.24) is 15.2 Å². The van der Waals surface area contributed by atoms with Crippen LogP contribution in [0, 0.1) is 0 Å². The highest BCUT2D eigenvalue weighted by atomic mass is 35.5. The minimum absolute atomic E-state index is 0.0454. The number of methoxy groups -OCH3 is 1. The monoisotopic (exact) mass is 378 g/mol. The Morgan fingerprint density at radius 3 is 2.68 bits per heavy atom. The Morgan fingerprint density at radius 1 is 1.40 bits per heavy atom. The summed E-state index contributed by atoms with van der Waals surface area (Å²) < 4.78 is 48.0. The van der Waals surface area contributed by atoms with Crippen LogP contribution in [0.5, 0.6) is 11.5 Å². The first-order chi connectivity index (χ1) is 11.8. The zero-order valence-electron chi connectivity index (χ0n) is 13.2. The first-order valence-electron chi connectivity index (χ1n) is 7.07. The van der Waals surface area contributed by atoms with Crippen LogP contribution in [0.2, 0.25) is 5.02 Å². The summed E-state index contributed by atoms with van der Waals surface area (Å²) >= 11 is 6.09. The van der Waals surface area contributed by atoms with Gasteiger partial charge in [0.05, 0.1) is 18.7 Å². The molecule has 25 heavy (non-hydrogen) atoms. The highest BCUT2D eigenvalue weighted by molar-refractivity contribution is 6.32. The minimum Gasteiger partial charge on any atom is -0.493 e. The number of anilines is 1. The van der Waals surface area contributed by atoms with Gasteiger partial charge in [-0.15, -0.1) is 5.10 Å². The third kappa shape index (κ3) is 4.53. The predicted molar refractivity (Wildman–Crippen MR) is 83.1 cm³/mol. The van der Waals surface area contributed by atoms with Crippen LogP contribution >= 0.6 is 11.6 Å². The van der Waals surface area contributed by atoms with Gasteiger partial charge in [0.2, 0.25) is 11.8 Å². The van der Waals surface area contributed by atoms with Crippen LogP contribution in [-0.2, 0) is 6.18 Å². The van der Waals surface area contributed by atoms with Crippen molar-refractivity contribution in [3.63, 3.8) is 0 Å². The Labute approximate surface area is 145 Å². The van der Waals surface area contributed by atoms with Gasteiger partial charge in [-0.05, 0) is 18.6 Å². The summed E-state index contributed by atoms with van der Waals surface area (Å²) in [5.74, 6) is -2.09. The van der Waals surface area contributed by atoms with Crippen LogP contribution in [0.3, 0.4) is 0 Å². The number of ether oxygens (including phenoxy) is 2. The second-order valence-corrected chi connectivity index (χ2v) is 5.20. The van der Waals surface area contributed by atoms with Crippen molar-refractivity contribution in [2.75, 3.05) is 19.0 Å². The second kappa shape index (κ2) is 7.60. The summed E-state index contributed by atoms with van der Waals surface area (Å²) in [4.78, 5) is 15.3. The molecule has 2 aromatic rings. The van der Waals surface area contributed by atoms with Gasteiger partial charge in [0.15, 0.2) is 11.5 Å². The molecule has 0 atom stereocenters. The van der Waals surface area contributed by atoms with Gasteiger partial charge in [-0.25, -0.2) is 0 Å². The highest BCUT2D eigenvalue weighted by Crippen LogP contribution is 2.36. The highest BCUT2D eigenvalue weighted by Gasteiger charge is 2.35. The first kappa shape index (κ1) is 18.8. The van der Waals surface area contributed by atoms with Crippen molar-refractivity contribution >= 4 is 23.5 Å². The zero-order chi connectivity index (χ0) is 18.6. The summed E-state index contributed by atoms with van der Waals surface area (Å²) in [7, 11) is 1.37. The van der Waals surface area contributed by atoms with Gasteiger partial charge < -0.3 is 9.47 Å². The molecule has 0 aliphatic heterocycles. The molecule has 0 spiro atoms. The lowest BCUT2D eigenvalue weighted by molar-refractivity contribution is -0.144. The van der Waals surface area contributed by atoms with Crippen LogP contribution in [0.4, 0.5) is 19.1 Å². The van der Waals surface area contributed by atoms with Crippen molar-refractivity contribution in [3.8, 4) is 11.5 Å². The van der Waals surface area contributed by atoms with Gasteiger partial charge >= 0.3 is 6.18 Å². The van der Waals surface area contributed by atoms with Crippen LogP contribution < -0.4 is 14.8 Å². The number of hydrogen-bond donors (Lipinski definition) is 2. The number of nitrogens with one attached hydrogen (secondary N) is 2. The van der Waals surface area contributed by atoms with E-state index < -0.39 is 23.9 Å². The molecule has 2 N–H and O–H groups in total. The molecule has 1 amide bonds. The summed E-state index contributed by atoms with van der Waals surface area (Å²) in [6.45, 7) is 2.31. The van der Waals surface area contributed by atoms with E-state index in [1.54, 1.807) is 5.10 Å². The fourth-order valence-electron chi connectivity index (χ4n) is 1.81. The van der Waals surface area contributed by atoms with Gasteiger partial charge in [0.1, 0.15) is 0 Å². The van der Waals surface area contributed by atoms with E-state index in [2.05, 4.69) is 15.4 Å². The molecule has 0 bridgehead atoms. The van der Waals surface area contributed by atoms with E-state index in [-0.39, 0.29) is 22.1 Å². The molecule has 0 aliphatic rings. The van der Waals surface area contributed by atoms with E-state index in [1.165, 1.54) is 19.2 Å². The molecule has 0 radical (unpaired) electrons. The van der Waals surface area contributed by atoms with E-state index >= 15 is 0 Å². The topological polar surface area (TPSA) is 89.1 Å². The number of halogens is 4. The summed E-state index contributed by atoms with van der Waals surface area (Å²) in [5, 5.41) is 7.26. The van der Waals surface area contributed by atoms with Crippen LogP contribution in [-0.4, -0.2) is 34.8 Å². The Morgan fingerprint density at radius 2 is 2.12 bits per heavy atom. The second-order valence-electron chi connectivity index (χ2n) is 4.80. The van der Waals surface area contributed by atoms with Gasteiger partial charge in [-0.3, -0.25) is 15.2 Å². The summed E-state index contributed by atoms with van der Waals surface area (Å²) in [5.41, 5.74) is 0.0454. The quantitative estimate of drug-likeness (QED) is 0.802. The number of benzene rings is 1. The van der Waals surface area contributed by atoms with Gasteiger partial charge in [0.25, 0.3) is 5.91 Å². The molecule has 0 aliphatic carbocycles. The van der Waals surface area contributed by atoms with Crippen molar-refractivity contribution in [2.24, 2.45) is 0 Å². The number of carbonyl (C=O) groups excluding carboxylic acids is 1. The molecule has 0 unspecified atom stereocenters. The molecule has 0 fully saturated rings. The maximum atomic E-state index is 12.5. The summed E-state index contributed by atoms with van der Waals surface area (Å²) in [6.07, 6.45) is -3.95. The number of H-pyrrole nitrogens is 1. The van der Waals surface area contributed by atoms with Crippen molar-refractivity contribution in [1.29, 1.82) is 0 Å². The maximum absolute atomic E-state index is 12.5. The van der Waals surface area contributed by atoms with Gasteiger partial charge in [0, 0.05) is 5.56 Å². The van der Waals surface area contributed by atoms with Gasteiger partial charge in [-0.1, -0.05) is 18.5 Å². The lowest BCUT2D eigenvalue weighted by Gasteiger charge is -2.13. The number of alkyl halides is 3. The third-order valence-electron chi connectivity index (χ3n) is 2.92. The van der Waals surface area contributed by atoms with Crippen LogP contribution in [0.15, 0.2) is 12.1 Å². The molecule has 2 rings (SSSR count). The maximum Gasteiger partial charge on any atom is 0.451 e. The number of carbonyl (C=O) groups is 1. The Kier molecular flexibility index (Phi) is 5.73. The number of nitrogens with zero attached hydrogens (tertiary/aromatic N) is 2. The average molecular weight is 379 g/mol. The molecule has 0 saturated carbocycles. The largest absolute Gasteiger partial charge is 0.493 e. The molecule has 11 heteroatoms. The van der Waals surface area contributed by atoms with E-state index in [1.807, 2.05) is 6.92 Å². The van der Waals surface area contributed by atoms with E-state index in [9.17, 15) is 18.0 Å². The number of amides is 1. The standard InChI is InChI=1S/C14H14ClF3N4O3/c1-3-4-25-10-8(15)5-7(6-9(10)24-2)11(23)19-13-20-12(21-22-13)14(16,17)18/h5-6H,3-4H2,1-2H3,(H2,19,20,21,22,23). The first-order valence-corrected chi connectivity index (χ1v) is 7.45. The Balaban J connectivity index is 2.21. The Hall–Kier alpha value is -2.49. The van der Waals surface area contributed by atoms with Crippen LogP contribution in [0.1, 0.15) is 29.5 Å². The molecule has 7 nitrogen and oxygen atoms in total. The fraction of sp³-hybridized carbons (Fsp3) is 0.357. The lowest BCUT2D eigenvalue weighted by atomic mass is 10.2. The molecule has 0 saturated heterocycles. The van der Waals surface area contributed by atoms with E-state index in [4.69, 9.17) is 21.1 Å². The van der Waals surface area contributed by atoms with Gasteiger partial charge in [-0.2, -0.15) is 18.2 Å². The third-order valence-corrected chi connectivity index (χ3v) is 3.20.